The smallest absolute Gasteiger partial charge is 0.406 e. The van der Waals surface area contributed by atoms with Gasteiger partial charge in [-0.05, 0) is 43.2 Å². The summed E-state index contributed by atoms with van der Waals surface area (Å²) in [6.07, 6.45) is -0.608. The van der Waals surface area contributed by atoms with Crippen LogP contribution >= 0.6 is 0 Å². The highest BCUT2D eigenvalue weighted by Crippen LogP contribution is 2.34. The number of hydrogen-bond donors (Lipinski definition) is 1. The molecule has 11 heteroatoms. The molecule has 1 aromatic carbocycles. The Morgan fingerprint density at radius 2 is 2.00 bits per heavy atom. The molecule has 0 saturated carbocycles. The van der Waals surface area contributed by atoms with E-state index in [1.165, 1.54) is 36.7 Å². The molecular formula is C20H19F3N6O2. The first kappa shape index (κ1) is 20.6. The minimum atomic E-state index is -4.77. The maximum atomic E-state index is 12.4. The SMILES string of the molecule is C=CC(=O)N1CCC[C@@H](n2nc(-c3ccc(OC(F)(F)F)cc3)c3c(N)ncnc32)C1. The number of likely N-dealkylation sites (tertiary alicyclic amines) is 1. The number of alkyl halides is 3. The topological polar surface area (TPSA) is 99.2 Å². The van der Waals surface area contributed by atoms with Crippen LogP contribution in [0.15, 0.2) is 43.2 Å². The fourth-order valence-corrected chi connectivity index (χ4v) is 3.75. The number of anilines is 1. The van der Waals surface area contributed by atoms with Crippen LogP contribution in [0.3, 0.4) is 0 Å². The second-order valence-electron chi connectivity index (χ2n) is 7.11. The molecule has 0 bridgehead atoms. The molecule has 1 amide bonds. The lowest BCUT2D eigenvalue weighted by molar-refractivity contribution is -0.274. The summed E-state index contributed by atoms with van der Waals surface area (Å²) in [5.74, 6) is -0.289. The molecule has 8 nitrogen and oxygen atoms in total. The zero-order valence-electron chi connectivity index (χ0n) is 16.3. The first-order chi connectivity index (χ1) is 14.8. The van der Waals surface area contributed by atoms with Crippen molar-refractivity contribution < 1.29 is 22.7 Å². The maximum Gasteiger partial charge on any atom is 0.573 e. The number of fused-ring (bicyclic) bond motifs is 1. The minimum absolute atomic E-state index is 0.143. The van der Waals surface area contributed by atoms with Crippen LogP contribution in [0.1, 0.15) is 18.9 Å². The Morgan fingerprint density at radius 3 is 2.68 bits per heavy atom. The Balaban J connectivity index is 1.74. The molecule has 1 fully saturated rings. The quantitative estimate of drug-likeness (QED) is 0.635. The van der Waals surface area contributed by atoms with Crippen LogP contribution in [0.5, 0.6) is 5.75 Å². The molecule has 0 aliphatic carbocycles. The van der Waals surface area contributed by atoms with E-state index in [9.17, 15) is 18.0 Å². The summed E-state index contributed by atoms with van der Waals surface area (Å²) in [4.78, 5) is 22.1. The van der Waals surface area contributed by atoms with Gasteiger partial charge in [0.05, 0.1) is 11.4 Å². The molecule has 2 N–H and O–H groups in total. The van der Waals surface area contributed by atoms with Gasteiger partial charge in [-0.15, -0.1) is 13.2 Å². The van der Waals surface area contributed by atoms with Crippen molar-refractivity contribution in [2.24, 2.45) is 0 Å². The van der Waals surface area contributed by atoms with Gasteiger partial charge in [-0.3, -0.25) is 4.79 Å². The number of hydrogen-bond acceptors (Lipinski definition) is 6. The van der Waals surface area contributed by atoms with E-state index in [-0.39, 0.29) is 23.5 Å². The van der Waals surface area contributed by atoms with Crippen LogP contribution in [0.2, 0.25) is 0 Å². The first-order valence-electron chi connectivity index (χ1n) is 9.53. The molecule has 4 rings (SSSR count). The van der Waals surface area contributed by atoms with E-state index in [0.717, 1.165) is 12.8 Å². The fourth-order valence-electron chi connectivity index (χ4n) is 3.75. The number of nitrogens with two attached hydrogens (primary N) is 1. The highest BCUT2D eigenvalue weighted by molar-refractivity contribution is 5.98. The monoisotopic (exact) mass is 432 g/mol. The molecule has 2 aromatic heterocycles. The number of nitrogen functional groups attached to an aromatic ring is 1. The van der Waals surface area contributed by atoms with E-state index < -0.39 is 6.36 Å². The minimum Gasteiger partial charge on any atom is -0.406 e. The number of aromatic nitrogens is 4. The lowest BCUT2D eigenvalue weighted by Gasteiger charge is -2.32. The van der Waals surface area contributed by atoms with Gasteiger partial charge in [-0.2, -0.15) is 5.10 Å². The van der Waals surface area contributed by atoms with Gasteiger partial charge in [0.1, 0.15) is 23.6 Å². The number of halogens is 3. The Kier molecular flexibility index (Phi) is 5.25. The molecule has 1 aliphatic heterocycles. The van der Waals surface area contributed by atoms with E-state index in [1.54, 1.807) is 9.58 Å². The van der Waals surface area contributed by atoms with Crippen molar-refractivity contribution in [2.75, 3.05) is 18.8 Å². The highest BCUT2D eigenvalue weighted by Gasteiger charge is 2.31. The Hall–Kier alpha value is -3.63. The summed E-state index contributed by atoms with van der Waals surface area (Å²) in [5, 5.41) is 5.17. The van der Waals surface area contributed by atoms with Crippen molar-refractivity contribution in [1.82, 2.24) is 24.6 Å². The molecule has 1 aliphatic rings. The van der Waals surface area contributed by atoms with Crippen LogP contribution in [0.25, 0.3) is 22.3 Å². The zero-order chi connectivity index (χ0) is 22.2. The normalized spacial score (nSPS) is 17.0. The summed E-state index contributed by atoms with van der Waals surface area (Å²) in [7, 11) is 0. The Bertz CT molecular complexity index is 1130. The van der Waals surface area contributed by atoms with Crippen molar-refractivity contribution in [3.05, 3.63) is 43.2 Å². The van der Waals surface area contributed by atoms with Gasteiger partial charge >= 0.3 is 6.36 Å². The number of carbonyl (C=O) groups is 1. The van der Waals surface area contributed by atoms with Gasteiger partial charge in [0, 0.05) is 18.7 Å². The predicted molar refractivity (Wildman–Crippen MR) is 107 cm³/mol. The van der Waals surface area contributed by atoms with Gasteiger partial charge in [0.25, 0.3) is 0 Å². The second kappa shape index (κ2) is 7.89. The van der Waals surface area contributed by atoms with Crippen LogP contribution in [0, 0.1) is 0 Å². The largest absolute Gasteiger partial charge is 0.573 e. The van der Waals surface area contributed by atoms with Crippen LogP contribution in [-0.2, 0) is 4.79 Å². The van der Waals surface area contributed by atoms with Crippen molar-refractivity contribution in [3.8, 4) is 17.0 Å². The maximum absolute atomic E-state index is 12.4. The third-order valence-electron chi connectivity index (χ3n) is 5.11. The first-order valence-corrected chi connectivity index (χ1v) is 9.53. The van der Waals surface area contributed by atoms with Crippen LogP contribution in [-0.4, -0.2) is 50.0 Å². The number of benzene rings is 1. The van der Waals surface area contributed by atoms with Crippen molar-refractivity contribution in [1.29, 1.82) is 0 Å². The molecular weight excluding hydrogens is 413 g/mol. The molecule has 0 unspecified atom stereocenters. The van der Waals surface area contributed by atoms with Crippen LogP contribution in [0.4, 0.5) is 19.0 Å². The fraction of sp³-hybridized carbons (Fsp3) is 0.300. The van der Waals surface area contributed by atoms with Gasteiger partial charge in [0.15, 0.2) is 5.65 Å². The number of nitrogens with zero attached hydrogens (tertiary/aromatic N) is 5. The molecule has 162 valence electrons. The third-order valence-corrected chi connectivity index (χ3v) is 5.11. The number of rotatable bonds is 4. The number of amides is 1. The Labute approximate surface area is 175 Å². The molecule has 0 radical (unpaired) electrons. The Morgan fingerprint density at radius 1 is 1.26 bits per heavy atom. The van der Waals surface area contributed by atoms with E-state index in [0.29, 0.717) is 35.4 Å². The average molecular weight is 432 g/mol. The van der Waals surface area contributed by atoms with E-state index >= 15 is 0 Å². The number of carbonyl (C=O) groups excluding carboxylic acids is 1. The third kappa shape index (κ3) is 4.16. The summed E-state index contributed by atoms with van der Waals surface area (Å²) < 4.78 is 43.0. The van der Waals surface area contributed by atoms with Crippen molar-refractivity contribution in [3.63, 3.8) is 0 Å². The number of ether oxygens (including phenoxy) is 1. The van der Waals surface area contributed by atoms with Gasteiger partial charge in [-0.1, -0.05) is 6.58 Å². The summed E-state index contributed by atoms with van der Waals surface area (Å²) in [6.45, 7) is 4.60. The van der Waals surface area contributed by atoms with Gasteiger partial charge < -0.3 is 15.4 Å². The second-order valence-corrected chi connectivity index (χ2v) is 7.11. The molecule has 1 saturated heterocycles. The van der Waals surface area contributed by atoms with E-state index in [1.807, 2.05) is 0 Å². The van der Waals surface area contributed by atoms with Crippen LogP contribution < -0.4 is 10.5 Å². The zero-order valence-corrected chi connectivity index (χ0v) is 16.3. The molecule has 31 heavy (non-hydrogen) atoms. The van der Waals surface area contributed by atoms with Crippen molar-refractivity contribution in [2.45, 2.75) is 25.2 Å². The van der Waals surface area contributed by atoms with Crippen molar-refractivity contribution >= 4 is 22.8 Å². The molecule has 3 aromatic rings. The van der Waals surface area contributed by atoms with Gasteiger partial charge in [0.2, 0.25) is 5.91 Å². The standard InChI is InChI=1S/C20H19F3N6O2/c1-2-15(30)28-9-3-4-13(10-28)29-19-16(18(24)25-11-26-19)17(27-29)12-5-7-14(8-6-12)31-20(21,22)23/h2,5-8,11,13H,1,3-4,9-10H2,(H2,24,25,26)/t13-/m1/s1. The number of piperidine rings is 1. The highest BCUT2D eigenvalue weighted by atomic mass is 19.4. The summed E-state index contributed by atoms with van der Waals surface area (Å²) >= 11 is 0. The van der Waals surface area contributed by atoms with E-state index in [2.05, 4.69) is 26.4 Å². The summed E-state index contributed by atoms with van der Waals surface area (Å²) in [5.41, 5.74) is 7.57. The summed E-state index contributed by atoms with van der Waals surface area (Å²) in [6, 6.07) is 5.20. The predicted octanol–water partition coefficient (Wildman–Crippen LogP) is 3.32. The molecule has 0 spiro atoms. The molecule has 3 heterocycles. The average Bonchev–Trinajstić information content (AvgIpc) is 3.14. The lowest BCUT2D eigenvalue weighted by Crippen LogP contribution is -2.40. The molecule has 1 atom stereocenters. The van der Waals surface area contributed by atoms with Gasteiger partial charge in [-0.25, -0.2) is 14.6 Å². The lowest BCUT2D eigenvalue weighted by atomic mass is 10.1. The van der Waals surface area contributed by atoms with E-state index in [4.69, 9.17) is 5.73 Å².